The maximum absolute atomic E-state index is 12.9. The van der Waals surface area contributed by atoms with E-state index in [4.69, 9.17) is 10.3 Å². The fraction of sp³-hybridized carbons (Fsp3) is 0. The summed E-state index contributed by atoms with van der Waals surface area (Å²) in [5, 5.41) is 10.2. The summed E-state index contributed by atoms with van der Waals surface area (Å²) in [5.74, 6) is 3.21. The molecule has 0 aliphatic carbocycles. The van der Waals surface area contributed by atoms with E-state index in [0.29, 0.717) is 0 Å². The summed E-state index contributed by atoms with van der Waals surface area (Å²) in [7, 11) is 0. The number of phenolic OH excluding ortho intramolecular Hbond substituents is 1. The van der Waals surface area contributed by atoms with Crippen LogP contribution in [0.2, 0.25) is 0 Å². The third-order valence-electron chi connectivity index (χ3n) is 3.55. The first-order chi connectivity index (χ1) is 11.5. The van der Waals surface area contributed by atoms with E-state index in [1.807, 2.05) is 5.43 Å². The van der Waals surface area contributed by atoms with Gasteiger partial charge in [-0.15, -0.1) is 0 Å². The molecule has 1 amide bonds. The van der Waals surface area contributed by atoms with Gasteiger partial charge in [-0.2, -0.15) is 0 Å². The highest BCUT2D eigenvalue weighted by molar-refractivity contribution is 6.21. The lowest BCUT2D eigenvalue weighted by Gasteiger charge is -2.10. The predicted molar refractivity (Wildman–Crippen MR) is 85.7 cm³/mol. The zero-order valence-electron chi connectivity index (χ0n) is 12.3. The van der Waals surface area contributed by atoms with Crippen molar-refractivity contribution >= 4 is 22.7 Å². The molecule has 0 aliphatic heterocycles. The fourth-order valence-corrected chi connectivity index (χ4v) is 2.46. The Bertz CT molecular complexity index is 1020. The van der Waals surface area contributed by atoms with Crippen LogP contribution in [-0.4, -0.2) is 16.8 Å². The highest BCUT2D eigenvalue weighted by Gasteiger charge is 2.27. The van der Waals surface area contributed by atoms with Crippen molar-refractivity contribution in [3.05, 3.63) is 75.6 Å². The van der Waals surface area contributed by atoms with Gasteiger partial charge in [0.2, 0.25) is 0 Å². The van der Waals surface area contributed by atoms with Gasteiger partial charge in [0, 0.05) is 5.39 Å². The van der Waals surface area contributed by atoms with Gasteiger partial charge in [-0.3, -0.25) is 15.0 Å². The van der Waals surface area contributed by atoms with Gasteiger partial charge in [-0.1, -0.05) is 30.3 Å². The number of ketones is 1. The lowest BCUT2D eigenvalue weighted by Crippen LogP contribution is -2.35. The number of fused-ring (bicyclic) bond motifs is 1. The topological polar surface area (TPSA) is 123 Å². The fourth-order valence-electron chi connectivity index (χ4n) is 2.46. The number of amides is 1. The number of hydrogen-bond acceptors (Lipinski definition) is 6. The Morgan fingerprint density at radius 2 is 1.67 bits per heavy atom. The van der Waals surface area contributed by atoms with Crippen LogP contribution in [0.5, 0.6) is 5.75 Å². The molecule has 0 unspecified atom stereocenters. The van der Waals surface area contributed by atoms with Crippen LogP contribution in [-0.2, 0) is 0 Å². The van der Waals surface area contributed by atoms with Gasteiger partial charge in [0.05, 0.1) is 11.1 Å². The molecule has 0 spiro atoms. The lowest BCUT2D eigenvalue weighted by atomic mass is 9.95. The number of benzene rings is 2. The largest absolute Gasteiger partial charge is 0.507 e. The summed E-state index contributed by atoms with van der Waals surface area (Å²) < 4.78 is 5.09. The SMILES string of the molecule is NNC(=O)c1c(C(=O)c2ccccc2O)c2ccccc2oc1=O. The van der Waals surface area contributed by atoms with Crippen LogP contribution < -0.4 is 16.9 Å². The molecule has 24 heavy (non-hydrogen) atoms. The number of nitrogens with one attached hydrogen (secondary N) is 1. The van der Waals surface area contributed by atoms with Crippen LogP contribution in [0.1, 0.15) is 26.3 Å². The van der Waals surface area contributed by atoms with Crippen molar-refractivity contribution in [3.8, 4) is 5.75 Å². The van der Waals surface area contributed by atoms with E-state index in [2.05, 4.69) is 0 Å². The lowest BCUT2D eigenvalue weighted by molar-refractivity contribution is 0.0938. The summed E-state index contributed by atoms with van der Waals surface area (Å²) in [4.78, 5) is 37.1. The summed E-state index contributed by atoms with van der Waals surface area (Å²) in [6.07, 6.45) is 0. The molecule has 3 rings (SSSR count). The van der Waals surface area contributed by atoms with Gasteiger partial charge in [-0.05, 0) is 18.2 Å². The molecular weight excluding hydrogens is 312 g/mol. The number of aromatic hydroxyl groups is 1. The molecule has 7 nitrogen and oxygen atoms in total. The van der Waals surface area contributed by atoms with Gasteiger partial charge in [0.1, 0.15) is 16.9 Å². The Labute approximate surface area is 135 Å². The molecule has 4 N–H and O–H groups in total. The number of carbonyl (C=O) groups is 2. The van der Waals surface area contributed by atoms with Crippen molar-refractivity contribution < 1.29 is 19.1 Å². The predicted octanol–water partition coefficient (Wildman–Crippen LogP) is 1.33. The van der Waals surface area contributed by atoms with Gasteiger partial charge in [0.25, 0.3) is 5.91 Å². The molecule has 0 aliphatic rings. The highest BCUT2D eigenvalue weighted by Crippen LogP contribution is 2.26. The second-order valence-corrected chi connectivity index (χ2v) is 4.96. The van der Waals surface area contributed by atoms with Crippen molar-refractivity contribution in [1.29, 1.82) is 0 Å². The molecule has 0 radical (unpaired) electrons. The van der Waals surface area contributed by atoms with Crippen molar-refractivity contribution in [3.63, 3.8) is 0 Å². The summed E-state index contributed by atoms with van der Waals surface area (Å²) in [6.45, 7) is 0. The van der Waals surface area contributed by atoms with E-state index in [1.165, 1.54) is 18.2 Å². The number of hydrazine groups is 1. The van der Waals surface area contributed by atoms with Gasteiger partial charge >= 0.3 is 5.63 Å². The molecule has 0 fully saturated rings. The quantitative estimate of drug-likeness (QED) is 0.220. The molecule has 2 aromatic carbocycles. The Kier molecular flexibility index (Phi) is 3.85. The maximum Gasteiger partial charge on any atom is 0.350 e. The van der Waals surface area contributed by atoms with Crippen LogP contribution in [0.15, 0.2) is 57.7 Å². The summed E-state index contributed by atoms with van der Waals surface area (Å²) in [5.41, 5.74) is 0.265. The Hall–Kier alpha value is -3.45. The second-order valence-electron chi connectivity index (χ2n) is 4.96. The standard InChI is InChI=1S/C17H12N2O5/c18-19-16(22)14-13(15(21)9-5-1-3-7-11(9)20)10-6-2-4-8-12(10)24-17(14)23/h1-8,20H,18H2,(H,19,22). The molecule has 7 heteroatoms. The molecule has 1 aromatic heterocycles. The maximum atomic E-state index is 12.9. The van der Waals surface area contributed by atoms with Crippen molar-refractivity contribution in [2.24, 2.45) is 5.84 Å². The number of rotatable bonds is 3. The average Bonchev–Trinajstić information content (AvgIpc) is 2.59. The van der Waals surface area contributed by atoms with Crippen LogP contribution in [0.4, 0.5) is 0 Å². The van der Waals surface area contributed by atoms with E-state index < -0.39 is 22.9 Å². The minimum atomic E-state index is -0.990. The van der Waals surface area contributed by atoms with Gasteiger partial charge < -0.3 is 9.52 Å². The Balaban J connectivity index is 2.40. The molecule has 3 aromatic rings. The first-order valence-corrected chi connectivity index (χ1v) is 6.94. The van der Waals surface area contributed by atoms with Crippen LogP contribution in [0.25, 0.3) is 11.0 Å². The molecule has 120 valence electrons. The molecule has 0 saturated carbocycles. The number of nitrogens with two attached hydrogens (primary N) is 1. The Morgan fingerprint density at radius 3 is 2.38 bits per heavy atom. The van der Waals surface area contributed by atoms with Gasteiger partial charge in [0.15, 0.2) is 5.78 Å². The van der Waals surface area contributed by atoms with Crippen LogP contribution in [0.3, 0.4) is 0 Å². The van der Waals surface area contributed by atoms with Gasteiger partial charge in [-0.25, -0.2) is 10.6 Å². The molecule has 0 atom stereocenters. The summed E-state index contributed by atoms with van der Waals surface area (Å²) >= 11 is 0. The molecule has 0 saturated heterocycles. The minimum Gasteiger partial charge on any atom is -0.507 e. The average molecular weight is 324 g/mol. The van der Waals surface area contributed by atoms with Crippen molar-refractivity contribution in [2.45, 2.75) is 0 Å². The van der Waals surface area contributed by atoms with Crippen LogP contribution in [0, 0.1) is 0 Å². The van der Waals surface area contributed by atoms with Crippen LogP contribution >= 0.6 is 0 Å². The molecule has 0 bridgehead atoms. The minimum absolute atomic E-state index is 0.0423. The molecular formula is C17H12N2O5. The summed E-state index contributed by atoms with van der Waals surface area (Å²) in [6, 6.07) is 12.1. The highest BCUT2D eigenvalue weighted by atomic mass is 16.4. The zero-order chi connectivity index (χ0) is 17.3. The van der Waals surface area contributed by atoms with E-state index in [0.717, 1.165) is 0 Å². The number of carbonyl (C=O) groups excluding carboxylic acids is 2. The van der Waals surface area contributed by atoms with E-state index in [-0.39, 0.29) is 27.8 Å². The number of phenols is 1. The van der Waals surface area contributed by atoms with E-state index >= 15 is 0 Å². The Morgan fingerprint density at radius 1 is 1.00 bits per heavy atom. The number of nitrogen functional groups attached to an aromatic ring is 1. The monoisotopic (exact) mass is 324 g/mol. The number of para-hydroxylation sites is 2. The number of hydrogen-bond donors (Lipinski definition) is 3. The smallest absolute Gasteiger partial charge is 0.350 e. The van der Waals surface area contributed by atoms with Crippen molar-refractivity contribution in [1.82, 2.24) is 5.43 Å². The van der Waals surface area contributed by atoms with E-state index in [1.54, 1.807) is 30.3 Å². The first kappa shape index (κ1) is 15.4. The third kappa shape index (κ3) is 2.42. The second kappa shape index (κ2) is 5.98. The first-order valence-electron chi connectivity index (χ1n) is 6.94. The molecule has 1 heterocycles. The van der Waals surface area contributed by atoms with E-state index in [9.17, 15) is 19.5 Å². The normalized spacial score (nSPS) is 10.5. The van der Waals surface area contributed by atoms with Crippen molar-refractivity contribution in [2.75, 3.05) is 0 Å². The zero-order valence-corrected chi connectivity index (χ0v) is 12.3. The third-order valence-corrected chi connectivity index (χ3v) is 3.55.